The molecule has 0 spiro atoms. The van der Waals surface area contributed by atoms with Crippen LogP contribution >= 0.6 is 0 Å². The van der Waals surface area contributed by atoms with Crippen LogP contribution in [0.25, 0.3) is 0 Å². The molecule has 2 aromatic rings. The standard InChI is InChI=1S/C13H10F2O2/c14-10-6-11(15)13(12(16)7-10)17-8-9-4-2-1-3-5-9/h1-7,16H,8H2. The Balaban J connectivity index is 2.15. The van der Waals surface area contributed by atoms with E-state index in [0.717, 1.165) is 11.6 Å². The summed E-state index contributed by atoms with van der Waals surface area (Å²) >= 11 is 0. The molecule has 2 aromatic carbocycles. The SMILES string of the molecule is Oc1cc(F)cc(F)c1OCc1ccccc1. The van der Waals surface area contributed by atoms with Crippen LogP contribution in [0.5, 0.6) is 11.5 Å². The molecule has 0 aliphatic heterocycles. The molecule has 0 fully saturated rings. The number of aromatic hydroxyl groups is 1. The van der Waals surface area contributed by atoms with E-state index >= 15 is 0 Å². The minimum absolute atomic E-state index is 0.108. The van der Waals surface area contributed by atoms with Gasteiger partial charge in [-0.2, -0.15) is 0 Å². The molecule has 0 amide bonds. The van der Waals surface area contributed by atoms with Gasteiger partial charge in [-0.1, -0.05) is 30.3 Å². The van der Waals surface area contributed by atoms with E-state index in [1.54, 1.807) is 12.1 Å². The van der Waals surface area contributed by atoms with Gasteiger partial charge in [0.15, 0.2) is 17.3 Å². The van der Waals surface area contributed by atoms with Crippen molar-refractivity contribution in [2.75, 3.05) is 0 Å². The van der Waals surface area contributed by atoms with Crippen molar-refractivity contribution in [3.8, 4) is 11.5 Å². The van der Waals surface area contributed by atoms with Gasteiger partial charge < -0.3 is 9.84 Å². The van der Waals surface area contributed by atoms with E-state index in [0.29, 0.717) is 6.07 Å². The molecule has 0 radical (unpaired) electrons. The van der Waals surface area contributed by atoms with Gasteiger partial charge in [0.1, 0.15) is 12.4 Å². The third-order valence-electron chi connectivity index (χ3n) is 2.21. The van der Waals surface area contributed by atoms with E-state index < -0.39 is 17.4 Å². The van der Waals surface area contributed by atoms with Gasteiger partial charge in [0, 0.05) is 12.1 Å². The van der Waals surface area contributed by atoms with E-state index in [1.165, 1.54) is 0 Å². The Morgan fingerprint density at radius 3 is 2.41 bits per heavy atom. The summed E-state index contributed by atoms with van der Waals surface area (Å²) in [5.41, 5.74) is 0.829. The van der Waals surface area contributed by atoms with Crippen LogP contribution in [0.4, 0.5) is 8.78 Å². The van der Waals surface area contributed by atoms with Gasteiger partial charge in [-0.25, -0.2) is 8.78 Å². The minimum atomic E-state index is -0.918. The largest absolute Gasteiger partial charge is 0.504 e. The van der Waals surface area contributed by atoms with Crippen molar-refractivity contribution < 1.29 is 18.6 Å². The van der Waals surface area contributed by atoms with Crippen LogP contribution in [0, 0.1) is 11.6 Å². The lowest BCUT2D eigenvalue weighted by Crippen LogP contribution is -1.98. The van der Waals surface area contributed by atoms with Crippen LogP contribution in [0.15, 0.2) is 42.5 Å². The molecule has 0 heterocycles. The second-order valence-corrected chi connectivity index (χ2v) is 3.51. The summed E-state index contributed by atoms with van der Waals surface area (Å²) in [6.45, 7) is 0.108. The van der Waals surface area contributed by atoms with Crippen molar-refractivity contribution in [1.82, 2.24) is 0 Å². The highest BCUT2D eigenvalue weighted by molar-refractivity contribution is 5.40. The highest BCUT2D eigenvalue weighted by Gasteiger charge is 2.12. The summed E-state index contributed by atoms with van der Waals surface area (Å²) in [6, 6.07) is 10.6. The fourth-order valence-corrected chi connectivity index (χ4v) is 1.42. The van der Waals surface area contributed by atoms with Gasteiger partial charge >= 0.3 is 0 Å². The second kappa shape index (κ2) is 4.82. The molecule has 0 saturated heterocycles. The Labute approximate surface area is 97.1 Å². The second-order valence-electron chi connectivity index (χ2n) is 3.51. The third-order valence-corrected chi connectivity index (χ3v) is 2.21. The molecule has 0 aliphatic rings. The molecular formula is C13H10F2O2. The normalized spacial score (nSPS) is 10.2. The number of hydrogen-bond donors (Lipinski definition) is 1. The van der Waals surface area contributed by atoms with Crippen LogP contribution in [0.2, 0.25) is 0 Å². The van der Waals surface area contributed by atoms with Crippen LogP contribution in [0.3, 0.4) is 0 Å². The fraction of sp³-hybridized carbons (Fsp3) is 0.0769. The molecule has 88 valence electrons. The van der Waals surface area contributed by atoms with Crippen molar-refractivity contribution >= 4 is 0 Å². The molecule has 2 nitrogen and oxygen atoms in total. The van der Waals surface area contributed by atoms with Gasteiger partial charge in [-0.05, 0) is 5.56 Å². The molecule has 2 rings (SSSR count). The number of benzene rings is 2. The van der Waals surface area contributed by atoms with Crippen LogP contribution < -0.4 is 4.74 Å². The first-order valence-electron chi connectivity index (χ1n) is 5.01. The molecule has 0 aliphatic carbocycles. The van der Waals surface area contributed by atoms with Crippen LogP contribution in [-0.4, -0.2) is 5.11 Å². The minimum Gasteiger partial charge on any atom is -0.504 e. The summed E-state index contributed by atoms with van der Waals surface area (Å²) < 4.78 is 31.1. The highest BCUT2D eigenvalue weighted by atomic mass is 19.1. The predicted molar refractivity (Wildman–Crippen MR) is 58.8 cm³/mol. The molecule has 4 heteroatoms. The topological polar surface area (TPSA) is 29.5 Å². The molecular weight excluding hydrogens is 226 g/mol. The number of phenolic OH excluding ortho intramolecular Hbond substituents is 1. The lowest BCUT2D eigenvalue weighted by molar-refractivity contribution is 0.272. The number of rotatable bonds is 3. The van der Waals surface area contributed by atoms with Gasteiger partial charge in [0.05, 0.1) is 0 Å². The van der Waals surface area contributed by atoms with E-state index in [2.05, 4.69) is 0 Å². The molecule has 0 saturated carbocycles. The van der Waals surface area contributed by atoms with Gasteiger partial charge in [0.25, 0.3) is 0 Å². The molecule has 0 bridgehead atoms. The Bertz CT molecular complexity index is 489. The number of ether oxygens (including phenoxy) is 1. The highest BCUT2D eigenvalue weighted by Crippen LogP contribution is 2.30. The lowest BCUT2D eigenvalue weighted by Gasteiger charge is -2.09. The summed E-state index contributed by atoms with van der Waals surface area (Å²) in [4.78, 5) is 0. The average Bonchev–Trinajstić information content (AvgIpc) is 2.29. The van der Waals surface area contributed by atoms with Crippen molar-refractivity contribution in [2.45, 2.75) is 6.61 Å². The summed E-state index contributed by atoms with van der Waals surface area (Å²) in [5.74, 6) is -2.64. The van der Waals surface area contributed by atoms with Gasteiger partial charge in [-0.3, -0.25) is 0 Å². The van der Waals surface area contributed by atoms with E-state index in [9.17, 15) is 13.9 Å². The first-order chi connectivity index (χ1) is 8.16. The van der Waals surface area contributed by atoms with Crippen molar-refractivity contribution in [2.24, 2.45) is 0 Å². The Morgan fingerprint density at radius 1 is 1.06 bits per heavy atom. The Kier molecular flexibility index (Phi) is 3.23. The van der Waals surface area contributed by atoms with E-state index in [4.69, 9.17) is 4.74 Å². The molecule has 0 aromatic heterocycles. The van der Waals surface area contributed by atoms with Crippen LogP contribution in [0.1, 0.15) is 5.56 Å². The summed E-state index contributed by atoms with van der Waals surface area (Å²) in [7, 11) is 0. The van der Waals surface area contributed by atoms with Crippen molar-refractivity contribution in [3.05, 3.63) is 59.7 Å². The quantitative estimate of drug-likeness (QED) is 0.886. The predicted octanol–water partition coefficient (Wildman–Crippen LogP) is 3.25. The maximum Gasteiger partial charge on any atom is 0.197 e. The number of phenols is 1. The molecule has 0 atom stereocenters. The monoisotopic (exact) mass is 236 g/mol. The van der Waals surface area contributed by atoms with Crippen molar-refractivity contribution in [3.63, 3.8) is 0 Å². The Morgan fingerprint density at radius 2 is 1.76 bits per heavy atom. The summed E-state index contributed by atoms with van der Waals surface area (Å²) in [5, 5.41) is 9.35. The third kappa shape index (κ3) is 2.72. The molecule has 1 N–H and O–H groups in total. The number of hydrogen-bond acceptors (Lipinski definition) is 2. The lowest BCUT2D eigenvalue weighted by atomic mass is 10.2. The van der Waals surface area contributed by atoms with Gasteiger partial charge in [0.2, 0.25) is 0 Å². The molecule has 17 heavy (non-hydrogen) atoms. The zero-order valence-corrected chi connectivity index (χ0v) is 8.86. The summed E-state index contributed by atoms with van der Waals surface area (Å²) in [6.07, 6.45) is 0. The number of halogens is 2. The van der Waals surface area contributed by atoms with Crippen molar-refractivity contribution in [1.29, 1.82) is 0 Å². The zero-order valence-electron chi connectivity index (χ0n) is 8.86. The van der Waals surface area contributed by atoms with E-state index in [1.807, 2.05) is 18.2 Å². The van der Waals surface area contributed by atoms with Gasteiger partial charge in [-0.15, -0.1) is 0 Å². The smallest absolute Gasteiger partial charge is 0.197 e. The average molecular weight is 236 g/mol. The van der Waals surface area contributed by atoms with Crippen LogP contribution in [-0.2, 0) is 6.61 Å². The maximum atomic E-state index is 13.3. The van der Waals surface area contributed by atoms with E-state index in [-0.39, 0.29) is 12.4 Å². The first-order valence-corrected chi connectivity index (χ1v) is 5.01. The first kappa shape index (κ1) is 11.4. The Hall–Kier alpha value is -2.10. The maximum absolute atomic E-state index is 13.3. The fourth-order valence-electron chi connectivity index (χ4n) is 1.42. The zero-order chi connectivity index (χ0) is 12.3. The molecule has 0 unspecified atom stereocenters.